The molecule has 2 atom stereocenters. The predicted molar refractivity (Wildman–Crippen MR) is 68.1 cm³/mol. The fraction of sp³-hybridized carbons (Fsp3) is 0.273. The van der Waals surface area contributed by atoms with Crippen molar-refractivity contribution >= 4 is 35.1 Å². The van der Waals surface area contributed by atoms with Gasteiger partial charge < -0.3 is 14.7 Å². The van der Waals surface area contributed by atoms with Crippen LogP contribution in [0.25, 0.3) is 0 Å². The molecule has 0 aliphatic carbocycles. The van der Waals surface area contributed by atoms with Crippen molar-refractivity contribution in [3.63, 3.8) is 0 Å². The molecule has 1 saturated heterocycles. The second kappa shape index (κ2) is 3.89. The van der Waals surface area contributed by atoms with Gasteiger partial charge in [0.25, 0.3) is 5.17 Å². The van der Waals surface area contributed by atoms with E-state index in [1.807, 2.05) is 24.3 Å². The van der Waals surface area contributed by atoms with Crippen molar-refractivity contribution in [2.45, 2.75) is 11.4 Å². The van der Waals surface area contributed by atoms with Gasteiger partial charge in [0.1, 0.15) is 17.2 Å². The van der Waals surface area contributed by atoms with Gasteiger partial charge in [-0.1, -0.05) is 18.2 Å². The van der Waals surface area contributed by atoms with Gasteiger partial charge in [-0.15, -0.1) is 11.8 Å². The summed E-state index contributed by atoms with van der Waals surface area (Å²) in [5.41, 5.74) is 0.995. The van der Waals surface area contributed by atoms with Crippen LogP contribution in [0.3, 0.4) is 0 Å². The molecule has 0 radical (unpaired) electrons. The molecule has 0 aromatic heterocycles. The first kappa shape index (κ1) is 10.9. The van der Waals surface area contributed by atoms with E-state index in [4.69, 9.17) is 22.1 Å². The number of carboxylic acids is 1. The molecule has 6 heteroatoms. The van der Waals surface area contributed by atoms with Gasteiger partial charge in [0, 0.05) is 11.3 Å². The predicted octanol–water partition coefficient (Wildman–Crippen LogP) is 1.86. The third-order valence-electron chi connectivity index (χ3n) is 2.88. The molecule has 88 valence electrons. The topological polar surface area (TPSA) is 49.8 Å². The minimum atomic E-state index is -0.856. The third-order valence-corrected chi connectivity index (χ3v) is 4.48. The zero-order chi connectivity index (χ0) is 12.0. The number of aliphatic carboxylic acids is 1. The normalized spacial score (nSPS) is 26.1. The van der Waals surface area contributed by atoms with E-state index in [2.05, 4.69) is 0 Å². The summed E-state index contributed by atoms with van der Waals surface area (Å²) in [4.78, 5) is 12.8. The van der Waals surface area contributed by atoms with Crippen molar-refractivity contribution in [1.29, 1.82) is 0 Å². The Morgan fingerprint density at radius 3 is 3.06 bits per heavy atom. The Morgan fingerprint density at radius 2 is 2.29 bits per heavy atom. The molecule has 0 saturated carbocycles. The number of nitrogens with zero attached hydrogens (tertiary/aromatic N) is 1. The molecule has 0 spiro atoms. The van der Waals surface area contributed by atoms with E-state index in [1.54, 1.807) is 16.7 Å². The van der Waals surface area contributed by atoms with Crippen LogP contribution in [0.15, 0.2) is 24.3 Å². The van der Waals surface area contributed by atoms with Gasteiger partial charge in [0.2, 0.25) is 0 Å². The first-order chi connectivity index (χ1) is 8.18. The van der Waals surface area contributed by atoms with Crippen LogP contribution < -0.4 is 4.74 Å². The highest BCUT2D eigenvalue weighted by Gasteiger charge is 2.45. The molecule has 1 N–H and O–H groups in total. The first-order valence-electron chi connectivity index (χ1n) is 5.12. The van der Waals surface area contributed by atoms with E-state index in [-0.39, 0.29) is 10.5 Å². The van der Waals surface area contributed by atoms with Gasteiger partial charge in [-0.2, -0.15) is 0 Å². The van der Waals surface area contributed by atoms with Crippen LogP contribution in [-0.4, -0.2) is 32.9 Å². The van der Waals surface area contributed by atoms with E-state index in [0.717, 1.165) is 11.3 Å². The van der Waals surface area contributed by atoms with Crippen molar-refractivity contribution in [3.05, 3.63) is 29.8 Å². The Kier molecular flexibility index (Phi) is 2.48. The Hall–Kier alpha value is -1.27. The van der Waals surface area contributed by atoms with Crippen molar-refractivity contribution in [1.82, 2.24) is 4.90 Å². The SMILES string of the molecule is O=C(O)C1CSC2c3ccccc3OC(=S)N12. The van der Waals surface area contributed by atoms with Crippen LogP contribution in [0.1, 0.15) is 10.9 Å². The molecule has 17 heavy (non-hydrogen) atoms. The number of carboxylic acid groups (broad SMARTS) is 1. The maximum atomic E-state index is 11.1. The van der Waals surface area contributed by atoms with Crippen LogP contribution >= 0.6 is 24.0 Å². The molecular formula is C11H9NO3S2. The summed E-state index contributed by atoms with van der Waals surface area (Å²) in [7, 11) is 0. The average molecular weight is 267 g/mol. The van der Waals surface area contributed by atoms with Gasteiger partial charge in [-0.05, 0) is 18.3 Å². The lowest BCUT2D eigenvalue weighted by atomic mass is 10.1. The van der Waals surface area contributed by atoms with Crippen molar-refractivity contribution in [2.24, 2.45) is 0 Å². The van der Waals surface area contributed by atoms with Crippen LogP contribution in [0.2, 0.25) is 0 Å². The summed E-state index contributed by atoms with van der Waals surface area (Å²) in [5.74, 6) is 0.403. The zero-order valence-corrected chi connectivity index (χ0v) is 10.3. The highest BCUT2D eigenvalue weighted by atomic mass is 32.2. The Balaban J connectivity index is 2.05. The number of fused-ring (bicyclic) bond motifs is 3. The summed E-state index contributed by atoms with van der Waals surface area (Å²) in [6.45, 7) is 0. The number of thiocarbonyl (C=S) groups is 1. The maximum absolute atomic E-state index is 11.1. The molecule has 1 fully saturated rings. The third kappa shape index (κ3) is 1.59. The maximum Gasteiger partial charge on any atom is 0.327 e. The van der Waals surface area contributed by atoms with Crippen LogP contribution in [0.4, 0.5) is 0 Å². The lowest BCUT2D eigenvalue weighted by Crippen LogP contribution is -2.46. The summed E-state index contributed by atoms with van der Waals surface area (Å²) in [5, 5.41) is 9.37. The molecule has 2 aliphatic heterocycles. The van der Waals surface area contributed by atoms with Gasteiger partial charge in [-0.25, -0.2) is 4.79 Å². The monoisotopic (exact) mass is 267 g/mol. The lowest BCUT2D eigenvalue weighted by molar-refractivity contribution is -0.141. The average Bonchev–Trinajstić information content (AvgIpc) is 2.74. The number of hydrogen-bond acceptors (Lipinski definition) is 4. The van der Waals surface area contributed by atoms with Crippen LogP contribution in [0.5, 0.6) is 5.75 Å². The summed E-state index contributed by atoms with van der Waals surface area (Å²) in [6, 6.07) is 7.01. The standard InChI is InChI=1S/C11H9NO3S2/c13-10(14)7-5-17-9-6-3-1-2-4-8(6)15-11(16)12(7)9/h1-4,7,9H,5H2,(H,13,14). The molecule has 4 nitrogen and oxygen atoms in total. The Labute approximate surface area is 108 Å². The molecule has 1 aromatic carbocycles. The minimum absolute atomic E-state index is 0.0337. The number of hydrogen-bond donors (Lipinski definition) is 1. The van der Waals surface area contributed by atoms with Crippen molar-refractivity contribution in [2.75, 3.05) is 5.75 Å². The van der Waals surface area contributed by atoms with Gasteiger partial charge in [0.05, 0.1) is 0 Å². The molecule has 1 aromatic rings. The van der Waals surface area contributed by atoms with E-state index in [0.29, 0.717) is 5.75 Å². The molecular weight excluding hydrogens is 258 g/mol. The van der Waals surface area contributed by atoms with Gasteiger partial charge >= 0.3 is 5.97 Å². The summed E-state index contributed by atoms with van der Waals surface area (Å²) >= 11 is 6.73. The Morgan fingerprint density at radius 1 is 1.53 bits per heavy atom. The number of ether oxygens (including phenoxy) is 1. The molecule has 0 amide bonds. The zero-order valence-electron chi connectivity index (χ0n) is 8.70. The minimum Gasteiger partial charge on any atom is -0.480 e. The smallest absolute Gasteiger partial charge is 0.327 e. The Bertz CT molecular complexity index is 505. The fourth-order valence-corrected chi connectivity index (χ4v) is 3.92. The lowest BCUT2D eigenvalue weighted by Gasteiger charge is -2.34. The van der Waals surface area contributed by atoms with E-state index in [1.165, 1.54) is 0 Å². The van der Waals surface area contributed by atoms with Gasteiger partial charge in [0.15, 0.2) is 0 Å². The highest BCUT2D eigenvalue weighted by molar-refractivity contribution is 7.99. The van der Waals surface area contributed by atoms with Crippen LogP contribution in [0, 0.1) is 0 Å². The number of carbonyl (C=O) groups is 1. The van der Waals surface area contributed by atoms with Crippen LogP contribution in [-0.2, 0) is 4.79 Å². The second-order valence-corrected chi connectivity index (χ2v) is 5.32. The molecule has 0 bridgehead atoms. The van der Waals surface area contributed by atoms with E-state index in [9.17, 15) is 4.79 Å². The number of thioether (sulfide) groups is 1. The molecule has 2 unspecified atom stereocenters. The number of benzene rings is 1. The summed E-state index contributed by atoms with van der Waals surface area (Å²) in [6.07, 6.45) is 0. The highest BCUT2D eigenvalue weighted by Crippen LogP contribution is 2.47. The van der Waals surface area contributed by atoms with Crippen molar-refractivity contribution < 1.29 is 14.6 Å². The molecule has 2 heterocycles. The quantitative estimate of drug-likeness (QED) is 0.784. The summed E-state index contributed by atoms with van der Waals surface area (Å²) < 4.78 is 5.51. The molecule has 3 rings (SSSR count). The largest absolute Gasteiger partial charge is 0.480 e. The van der Waals surface area contributed by atoms with Gasteiger partial charge in [-0.3, -0.25) is 0 Å². The number of para-hydroxylation sites is 1. The van der Waals surface area contributed by atoms with E-state index < -0.39 is 12.0 Å². The fourth-order valence-electron chi connectivity index (χ4n) is 2.08. The van der Waals surface area contributed by atoms with E-state index >= 15 is 0 Å². The van der Waals surface area contributed by atoms with Crippen molar-refractivity contribution in [3.8, 4) is 5.75 Å². The second-order valence-electron chi connectivity index (χ2n) is 3.85. The molecule has 2 aliphatic rings. The first-order valence-corrected chi connectivity index (χ1v) is 6.57. The number of rotatable bonds is 1.